The molecule has 1 aromatic carbocycles. The zero-order valence-electron chi connectivity index (χ0n) is 13.2. The number of benzene rings is 1. The summed E-state index contributed by atoms with van der Waals surface area (Å²) in [4.78, 5) is 14.5. The summed E-state index contributed by atoms with van der Waals surface area (Å²) < 4.78 is 0. The minimum atomic E-state index is 0.785. The fourth-order valence-corrected chi connectivity index (χ4v) is 3.94. The summed E-state index contributed by atoms with van der Waals surface area (Å²) in [5.74, 6) is 2.02. The second-order valence-corrected chi connectivity index (χ2v) is 7.17. The van der Waals surface area contributed by atoms with E-state index in [0.717, 1.165) is 49.1 Å². The van der Waals surface area contributed by atoms with E-state index in [9.17, 15) is 0 Å². The summed E-state index contributed by atoms with van der Waals surface area (Å²) in [7, 11) is 0. The monoisotopic (exact) mass is 324 g/mol. The summed E-state index contributed by atoms with van der Waals surface area (Å²) in [6, 6.07) is 12.7. The van der Waals surface area contributed by atoms with Crippen LogP contribution in [0, 0.1) is 6.92 Å². The Kier molecular flexibility index (Phi) is 3.97. The van der Waals surface area contributed by atoms with Crippen molar-refractivity contribution in [3.8, 4) is 0 Å². The second kappa shape index (κ2) is 6.26. The van der Waals surface area contributed by atoms with Crippen molar-refractivity contribution >= 4 is 27.4 Å². The van der Waals surface area contributed by atoms with Crippen molar-refractivity contribution in [3.05, 3.63) is 52.7 Å². The van der Waals surface area contributed by atoms with Gasteiger partial charge in [0.1, 0.15) is 16.5 Å². The highest BCUT2D eigenvalue weighted by Gasteiger charge is 2.18. The normalized spacial score (nSPS) is 15.3. The average molecular weight is 324 g/mol. The molecule has 0 atom stereocenters. The summed E-state index contributed by atoms with van der Waals surface area (Å²) in [5, 5.41) is 4.61. The van der Waals surface area contributed by atoms with Gasteiger partial charge in [-0.3, -0.25) is 0 Å². The molecule has 5 heteroatoms. The first kappa shape index (κ1) is 14.6. The highest BCUT2D eigenvalue weighted by atomic mass is 32.1. The van der Waals surface area contributed by atoms with Crippen LogP contribution in [-0.2, 0) is 6.42 Å². The van der Waals surface area contributed by atoms with E-state index in [2.05, 4.69) is 47.5 Å². The van der Waals surface area contributed by atoms with Gasteiger partial charge in [-0.25, -0.2) is 9.97 Å². The third-order valence-electron chi connectivity index (χ3n) is 4.16. The number of piperazine rings is 1. The first-order valence-corrected chi connectivity index (χ1v) is 8.88. The van der Waals surface area contributed by atoms with Gasteiger partial charge < -0.3 is 10.2 Å². The third kappa shape index (κ3) is 3.07. The Bertz CT molecular complexity index is 807. The van der Waals surface area contributed by atoms with Crippen LogP contribution in [0.3, 0.4) is 0 Å². The van der Waals surface area contributed by atoms with Crippen LogP contribution in [0.1, 0.15) is 16.3 Å². The molecule has 2 aromatic heterocycles. The predicted molar refractivity (Wildman–Crippen MR) is 96.5 cm³/mol. The molecule has 4 nitrogen and oxygen atoms in total. The number of nitrogens with zero attached hydrogens (tertiary/aromatic N) is 3. The molecule has 0 unspecified atom stereocenters. The molecule has 0 spiro atoms. The lowest BCUT2D eigenvalue weighted by Gasteiger charge is -2.29. The van der Waals surface area contributed by atoms with E-state index in [4.69, 9.17) is 9.97 Å². The molecule has 4 rings (SSSR count). The quantitative estimate of drug-likeness (QED) is 0.804. The fraction of sp³-hybridized carbons (Fsp3) is 0.333. The summed E-state index contributed by atoms with van der Waals surface area (Å²) in [6.45, 7) is 6.19. The van der Waals surface area contributed by atoms with Crippen LogP contribution in [-0.4, -0.2) is 36.1 Å². The molecule has 1 fully saturated rings. The molecule has 0 aliphatic carbocycles. The van der Waals surface area contributed by atoms with Crippen molar-refractivity contribution in [2.45, 2.75) is 13.3 Å². The van der Waals surface area contributed by atoms with Gasteiger partial charge in [0.2, 0.25) is 0 Å². The summed E-state index contributed by atoms with van der Waals surface area (Å²) in [6.07, 6.45) is 0.785. The minimum Gasteiger partial charge on any atom is -0.353 e. The Labute approximate surface area is 140 Å². The van der Waals surface area contributed by atoms with E-state index in [1.807, 2.05) is 6.07 Å². The second-order valence-electron chi connectivity index (χ2n) is 5.94. The number of thiophene rings is 1. The van der Waals surface area contributed by atoms with Crippen LogP contribution in [0.5, 0.6) is 0 Å². The highest BCUT2D eigenvalue weighted by molar-refractivity contribution is 7.18. The molecular weight excluding hydrogens is 304 g/mol. The number of aryl methyl sites for hydroxylation is 1. The van der Waals surface area contributed by atoms with Crippen LogP contribution in [0.2, 0.25) is 0 Å². The SMILES string of the molecule is Cc1cc2c(N3CCNCC3)nc(Cc3ccccc3)nc2s1. The highest BCUT2D eigenvalue weighted by Crippen LogP contribution is 2.31. The van der Waals surface area contributed by atoms with Crippen molar-refractivity contribution in [1.29, 1.82) is 0 Å². The third-order valence-corrected chi connectivity index (χ3v) is 5.11. The summed E-state index contributed by atoms with van der Waals surface area (Å²) >= 11 is 1.76. The van der Waals surface area contributed by atoms with Gasteiger partial charge in [-0.05, 0) is 18.6 Å². The molecule has 1 N–H and O–H groups in total. The first-order chi connectivity index (χ1) is 11.3. The number of rotatable bonds is 3. The maximum atomic E-state index is 4.93. The van der Waals surface area contributed by atoms with Crippen molar-refractivity contribution in [2.24, 2.45) is 0 Å². The van der Waals surface area contributed by atoms with E-state index in [1.54, 1.807) is 11.3 Å². The first-order valence-electron chi connectivity index (χ1n) is 8.06. The van der Waals surface area contributed by atoms with Crippen molar-refractivity contribution < 1.29 is 0 Å². The molecule has 0 radical (unpaired) electrons. The van der Waals surface area contributed by atoms with E-state index in [1.165, 1.54) is 15.8 Å². The van der Waals surface area contributed by atoms with Crippen LogP contribution < -0.4 is 10.2 Å². The van der Waals surface area contributed by atoms with Crippen molar-refractivity contribution in [2.75, 3.05) is 31.1 Å². The number of hydrogen-bond acceptors (Lipinski definition) is 5. The lowest BCUT2D eigenvalue weighted by Crippen LogP contribution is -2.44. The fourth-order valence-electron chi connectivity index (χ4n) is 3.05. The van der Waals surface area contributed by atoms with Crippen LogP contribution in [0.15, 0.2) is 36.4 Å². The zero-order chi connectivity index (χ0) is 15.6. The number of fused-ring (bicyclic) bond motifs is 1. The van der Waals surface area contributed by atoms with Gasteiger partial charge in [0.05, 0.1) is 5.39 Å². The number of anilines is 1. The largest absolute Gasteiger partial charge is 0.353 e. The van der Waals surface area contributed by atoms with Gasteiger partial charge in [-0.2, -0.15) is 0 Å². The van der Waals surface area contributed by atoms with E-state index in [-0.39, 0.29) is 0 Å². The Morgan fingerprint density at radius 1 is 1.13 bits per heavy atom. The van der Waals surface area contributed by atoms with Gasteiger partial charge in [0.25, 0.3) is 0 Å². The molecular formula is C18H20N4S. The van der Waals surface area contributed by atoms with Gasteiger partial charge in [-0.1, -0.05) is 30.3 Å². The molecule has 1 aliphatic heterocycles. The smallest absolute Gasteiger partial charge is 0.141 e. The van der Waals surface area contributed by atoms with Crippen molar-refractivity contribution in [3.63, 3.8) is 0 Å². The maximum Gasteiger partial charge on any atom is 0.141 e. The maximum absolute atomic E-state index is 4.93. The Hall–Kier alpha value is -1.98. The molecule has 3 heterocycles. The van der Waals surface area contributed by atoms with Crippen LogP contribution >= 0.6 is 11.3 Å². The zero-order valence-corrected chi connectivity index (χ0v) is 14.1. The Balaban J connectivity index is 1.76. The van der Waals surface area contributed by atoms with E-state index < -0.39 is 0 Å². The molecule has 0 saturated carbocycles. The molecule has 118 valence electrons. The molecule has 3 aromatic rings. The molecule has 23 heavy (non-hydrogen) atoms. The predicted octanol–water partition coefficient (Wildman–Crippen LogP) is 3.00. The van der Waals surface area contributed by atoms with Crippen molar-refractivity contribution in [1.82, 2.24) is 15.3 Å². The van der Waals surface area contributed by atoms with Gasteiger partial charge in [0, 0.05) is 37.5 Å². The number of aromatic nitrogens is 2. The van der Waals surface area contributed by atoms with Crippen LogP contribution in [0.25, 0.3) is 10.2 Å². The molecule has 0 amide bonds. The Morgan fingerprint density at radius 3 is 2.70 bits per heavy atom. The lowest BCUT2D eigenvalue weighted by atomic mass is 10.1. The number of hydrogen-bond donors (Lipinski definition) is 1. The van der Waals surface area contributed by atoms with Gasteiger partial charge >= 0.3 is 0 Å². The number of nitrogens with one attached hydrogen (secondary N) is 1. The molecule has 0 bridgehead atoms. The topological polar surface area (TPSA) is 41.0 Å². The van der Waals surface area contributed by atoms with E-state index >= 15 is 0 Å². The minimum absolute atomic E-state index is 0.785. The van der Waals surface area contributed by atoms with Gasteiger partial charge in [0.15, 0.2) is 0 Å². The Morgan fingerprint density at radius 2 is 1.91 bits per heavy atom. The summed E-state index contributed by atoms with van der Waals surface area (Å²) in [5.41, 5.74) is 1.26. The standard InChI is InChI=1S/C18H20N4S/c1-13-11-15-17(22-9-7-19-8-10-22)20-16(21-18(15)23-13)12-14-5-3-2-4-6-14/h2-6,11,19H,7-10,12H2,1H3. The average Bonchev–Trinajstić information content (AvgIpc) is 2.96. The molecule has 1 saturated heterocycles. The van der Waals surface area contributed by atoms with Crippen LogP contribution in [0.4, 0.5) is 5.82 Å². The van der Waals surface area contributed by atoms with E-state index in [0.29, 0.717) is 0 Å². The molecule has 1 aliphatic rings. The van der Waals surface area contributed by atoms with Gasteiger partial charge in [-0.15, -0.1) is 11.3 Å². The lowest BCUT2D eigenvalue weighted by molar-refractivity contribution is 0.585.